The summed E-state index contributed by atoms with van der Waals surface area (Å²) in [6, 6.07) is 20.6. The summed E-state index contributed by atoms with van der Waals surface area (Å²) in [5.41, 5.74) is 5.91. The number of aliphatic hydroxyl groups is 1. The lowest BCUT2D eigenvalue weighted by Crippen LogP contribution is -2.10. The van der Waals surface area contributed by atoms with Crippen LogP contribution >= 0.6 is 0 Å². The van der Waals surface area contributed by atoms with Crippen molar-refractivity contribution in [2.75, 3.05) is 21.0 Å². The number of rotatable bonds is 6. The number of hydrogen-bond donors (Lipinski definition) is 1. The van der Waals surface area contributed by atoms with Gasteiger partial charge in [0.15, 0.2) is 0 Å². The van der Waals surface area contributed by atoms with E-state index in [1.54, 1.807) is 0 Å². The summed E-state index contributed by atoms with van der Waals surface area (Å²) in [7, 11) is 2.85. The van der Waals surface area contributed by atoms with Crippen LogP contribution in [0.25, 0.3) is 33.2 Å². The number of aryl methyl sites for hydroxylation is 1. The molecular weight excluding hydrogens is 404 g/mol. The Labute approximate surface area is 188 Å². The lowest BCUT2D eigenvalue weighted by Gasteiger charge is -2.09. The van der Waals surface area contributed by atoms with Gasteiger partial charge in [0.2, 0.25) is 0 Å². The molecule has 32 heavy (non-hydrogen) atoms. The second kappa shape index (κ2) is 11.2. The zero-order valence-corrected chi connectivity index (χ0v) is 18.6. The maximum Gasteiger partial charge on any atom is 0.354 e. The fraction of sp³-hybridized carbons (Fsp3) is 0.231. The van der Waals surface area contributed by atoms with Crippen molar-refractivity contribution in [3.05, 3.63) is 78.8 Å². The Balaban J connectivity index is 0.000000668. The van der Waals surface area contributed by atoms with Crippen LogP contribution in [0.5, 0.6) is 0 Å². The number of esters is 1. The van der Waals surface area contributed by atoms with Crippen LogP contribution in [-0.2, 0) is 16.0 Å². The zero-order valence-electron chi connectivity index (χ0n) is 18.6. The Bertz CT molecular complexity index is 1170. The van der Waals surface area contributed by atoms with Crippen molar-refractivity contribution in [1.82, 2.24) is 9.55 Å². The molecule has 2 aromatic carbocycles. The van der Waals surface area contributed by atoms with Crippen LogP contribution in [0.3, 0.4) is 0 Å². The predicted molar refractivity (Wildman–Crippen MR) is 126 cm³/mol. The molecule has 0 aliphatic rings. The minimum atomic E-state index is -0.325. The number of methoxy groups -OCH3 is 2. The van der Waals surface area contributed by atoms with E-state index in [1.165, 1.54) is 19.8 Å². The third-order valence-electron chi connectivity index (χ3n) is 5.08. The molecule has 166 valence electrons. The Morgan fingerprint density at radius 2 is 1.66 bits per heavy atom. The molecule has 0 saturated heterocycles. The third kappa shape index (κ3) is 5.04. The molecule has 0 aliphatic heterocycles. The molecule has 0 fully saturated rings. The van der Waals surface area contributed by atoms with Gasteiger partial charge < -0.3 is 19.1 Å². The molecular formula is C26H28N2O4. The monoisotopic (exact) mass is 432 g/mol. The maximum atomic E-state index is 12.3. The third-order valence-corrected chi connectivity index (χ3v) is 5.08. The second-order valence-electron chi connectivity index (χ2n) is 7.16. The summed E-state index contributed by atoms with van der Waals surface area (Å²) in [6.07, 6.45) is 4.60. The number of nitrogens with zero attached hydrogens (tertiary/aromatic N) is 2. The summed E-state index contributed by atoms with van der Waals surface area (Å²) in [5.74, 6) is -0.325. The largest absolute Gasteiger partial charge is 0.464 e. The van der Waals surface area contributed by atoms with E-state index < -0.39 is 0 Å². The number of carbonyl (C=O) groups is 1. The van der Waals surface area contributed by atoms with Crippen molar-refractivity contribution in [2.45, 2.75) is 19.9 Å². The predicted octanol–water partition coefficient (Wildman–Crippen LogP) is 5.15. The fourth-order valence-electron chi connectivity index (χ4n) is 3.64. The van der Waals surface area contributed by atoms with Crippen LogP contribution in [0.2, 0.25) is 0 Å². The van der Waals surface area contributed by atoms with Crippen molar-refractivity contribution < 1.29 is 19.4 Å². The summed E-state index contributed by atoms with van der Waals surface area (Å²) in [4.78, 5) is 16.8. The highest BCUT2D eigenvalue weighted by Gasteiger charge is 2.18. The number of benzene rings is 2. The molecule has 2 aromatic heterocycles. The lowest BCUT2D eigenvalue weighted by atomic mass is 9.98. The number of aromatic nitrogens is 2. The minimum absolute atomic E-state index is 0.181. The van der Waals surface area contributed by atoms with Gasteiger partial charge in [0.05, 0.1) is 18.8 Å². The first-order valence-electron chi connectivity index (χ1n) is 10.5. The lowest BCUT2D eigenvalue weighted by molar-refractivity contribution is 0.0325. The smallest absolute Gasteiger partial charge is 0.354 e. The van der Waals surface area contributed by atoms with Crippen LogP contribution in [0.1, 0.15) is 23.8 Å². The van der Waals surface area contributed by atoms with Crippen LogP contribution in [0.15, 0.2) is 73.1 Å². The van der Waals surface area contributed by atoms with Crippen molar-refractivity contribution in [3.8, 4) is 22.3 Å². The first-order chi connectivity index (χ1) is 15.6. The van der Waals surface area contributed by atoms with Crippen LogP contribution in [-0.4, -0.2) is 41.6 Å². The molecule has 6 nitrogen and oxygen atoms in total. The van der Waals surface area contributed by atoms with Gasteiger partial charge in [-0.05, 0) is 35.2 Å². The quantitative estimate of drug-likeness (QED) is 0.337. The van der Waals surface area contributed by atoms with Crippen molar-refractivity contribution in [2.24, 2.45) is 0 Å². The Morgan fingerprint density at radius 3 is 2.31 bits per heavy atom. The van der Waals surface area contributed by atoms with E-state index in [9.17, 15) is 4.79 Å². The highest BCUT2D eigenvalue weighted by Crippen LogP contribution is 2.33. The Kier molecular flexibility index (Phi) is 8.14. The van der Waals surface area contributed by atoms with Crippen LogP contribution in [0, 0.1) is 0 Å². The SMILES string of the molecule is CCCn1c(C(=O)OC)cc2c(-c3cccc(-c4ccccc4)c3)cncc21.COCO. The van der Waals surface area contributed by atoms with Gasteiger partial charge in [-0.2, -0.15) is 0 Å². The van der Waals surface area contributed by atoms with Gasteiger partial charge in [0.1, 0.15) is 12.5 Å². The maximum absolute atomic E-state index is 12.3. The minimum Gasteiger partial charge on any atom is -0.464 e. The average Bonchev–Trinajstić information content (AvgIpc) is 3.23. The highest BCUT2D eigenvalue weighted by molar-refractivity contribution is 6.01. The number of ether oxygens (including phenoxy) is 2. The summed E-state index contributed by atoms with van der Waals surface area (Å²) >= 11 is 0. The molecule has 0 spiro atoms. The molecule has 1 N–H and O–H groups in total. The van der Waals surface area contributed by atoms with Gasteiger partial charge >= 0.3 is 5.97 Å². The number of hydrogen-bond acceptors (Lipinski definition) is 5. The molecule has 0 unspecified atom stereocenters. The fourth-order valence-corrected chi connectivity index (χ4v) is 3.64. The molecule has 6 heteroatoms. The highest BCUT2D eigenvalue weighted by atomic mass is 16.6. The van der Waals surface area contributed by atoms with Gasteiger partial charge in [-0.25, -0.2) is 4.79 Å². The van der Waals surface area contributed by atoms with Crippen molar-refractivity contribution in [3.63, 3.8) is 0 Å². The number of pyridine rings is 1. The molecule has 0 amide bonds. The van der Waals surface area contributed by atoms with E-state index in [2.05, 4.69) is 53.0 Å². The van der Waals surface area contributed by atoms with E-state index in [1.807, 2.05) is 41.2 Å². The number of fused-ring (bicyclic) bond motifs is 1. The summed E-state index contributed by atoms with van der Waals surface area (Å²) in [6.45, 7) is 2.65. The van der Waals surface area contributed by atoms with Crippen molar-refractivity contribution >= 4 is 16.9 Å². The molecule has 0 radical (unpaired) electrons. The van der Waals surface area contributed by atoms with Crippen molar-refractivity contribution in [1.29, 1.82) is 0 Å². The van der Waals surface area contributed by atoms with Gasteiger partial charge in [0, 0.05) is 30.8 Å². The number of carbonyl (C=O) groups excluding carboxylic acids is 1. The Morgan fingerprint density at radius 1 is 0.969 bits per heavy atom. The topological polar surface area (TPSA) is 73.6 Å². The molecule has 2 heterocycles. The molecule has 0 aliphatic carbocycles. The van der Waals surface area contributed by atoms with Gasteiger partial charge in [-0.1, -0.05) is 55.5 Å². The van der Waals surface area contributed by atoms with Crippen LogP contribution in [0.4, 0.5) is 0 Å². The van der Waals surface area contributed by atoms with Gasteiger partial charge in [-0.15, -0.1) is 0 Å². The standard InChI is InChI=1S/C24H22N2O2.C2H6O2/c1-3-12-26-22(24(27)28-2)14-20-21(15-25-16-23(20)26)19-11-7-10-18(13-19)17-8-5-4-6-9-17;1-4-2-3/h4-11,13-16H,3,12H2,1-2H3;3H,2H2,1H3. The summed E-state index contributed by atoms with van der Waals surface area (Å²) in [5, 5.41) is 8.66. The van der Waals surface area contributed by atoms with Gasteiger partial charge in [0.25, 0.3) is 0 Å². The van der Waals surface area contributed by atoms with Crippen LogP contribution < -0.4 is 0 Å². The Hall–Kier alpha value is -3.48. The second-order valence-corrected chi connectivity index (χ2v) is 7.16. The zero-order chi connectivity index (χ0) is 22.9. The first kappa shape index (κ1) is 23.2. The van der Waals surface area contributed by atoms with E-state index in [0.717, 1.165) is 40.6 Å². The average molecular weight is 433 g/mol. The van der Waals surface area contributed by atoms with E-state index >= 15 is 0 Å². The summed E-state index contributed by atoms with van der Waals surface area (Å²) < 4.78 is 11.1. The number of aliphatic hydroxyl groups excluding tert-OH is 1. The van der Waals surface area contributed by atoms with E-state index in [4.69, 9.17) is 9.84 Å². The van der Waals surface area contributed by atoms with Gasteiger partial charge in [-0.3, -0.25) is 4.98 Å². The molecule has 4 rings (SSSR count). The normalized spacial score (nSPS) is 10.5. The molecule has 0 saturated carbocycles. The molecule has 0 atom stereocenters. The van der Waals surface area contributed by atoms with E-state index in [-0.39, 0.29) is 12.8 Å². The first-order valence-corrected chi connectivity index (χ1v) is 10.5. The van der Waals surface area contributed by atoms with E-state index in [0.29, 0.717) is 5.69 Å². The molecule has 4 aromatic rings. The molecule has 0 bridgehead atoms.